The highest BCUT2D eigenvalue weighted by molar-refractivity contribution is 7.89. The minimum absolute atomic E-state index is 0.00152. The van der Waals surface area contributed by atoms with Gasteiger partial charge in [0.25, 0.3) is 0 Å². The highest BCUT2D eigenvalue weighted by atomic mass is 32.2. The Balaban J connectivity index is 1.25. The van der Waals surface area contributed by atoms with Crippen molar-refractivity contribution in [1.82, 2.24) is 8.87 Å². The molecule has 1 saturated heterocycles. The van der Waals surface area contributed by atoms with Crippen molar-refractivity contribution in [1.29, 1.82) is 0 Å². The minimum atomic E-state index is -3.79. The molecule has 2 aliphatic rings. The van der Waals surface area contributed by atoms with Crippen LogP contribution < -0.4 is 9.47 Å². The Hall–Kier alpha value is -3.67. The maximum absolute atomic E-state index is 13.1. The van der Waals surface area contributed by atoms with Crippen LogP contribution in [0.4, 0.5) is 0 Å². The van der Waals surface area contributed by atoms with Crippen molar-refractivity contribution in [3.05, 3.63) is 76.6 Å². The van der Waals surface area contributed by atoms with Crippen LogP contribution in [0.15, 0.2) is 53.4 Å². The first kappa shape index (κ1) is 27.9. The van der Waals surface area contributed by atoms with Crippen molar-refractivity contribution in [3.8, 4) is 11.5 Å². The van der Waals surface area contributed by atoms with E-state index in [2.05, 4.69) is 0 Å². The average Bonchev–Trinajstić information content (AvgIpc) is 3.24. The largest absolute Gasteiger partial charge is 0.486 e. The molecule has 0 saturated carbocycles. The lowest BCUT2D eigenvalue weighted by Crippen LogP contribution is -2.40. The van der Waals surface area contributed by atoms with Gasteiger partial charge in [0.2, 0.25) is 15.8 Å². The van der Waals surface area contributed by atoms with Gasteiger partial charge in [-0.1, -0.05) is 18.2 Å². The number of aromatic nitrogens is 1. The maximum Gasteiger partial charge on any atom is 0.338 e. The second-order valence-electron chi connectivity index (χ2n) is 9.89. The van der Waals surface area contributed by atoms with Gasteiger partial charge in [0.05, 0.1) is 30.2 Å². The van der Waals surface area contributed by atoms with Gasteiger partial charge in [0.15, 0.2) is 24.2 Å². The lowest BCUT2D eigenvalue weighted by Gasteiger charge is -2.27. The fourth-order valence-electron chi connectivity index (χ4n) is 4.93. The molecular formula is C29H32N2O8S. The molecule has 0 aliphatic carbocycles. The number of hydrogen-bond acceptors (Lipinski definition) is 8. The number of ketones is 1. The lowest BCUT2D eigenvalue weighted by molar-refractivity contribution is 0.0473. The van der Waals surface area contributed by atoms with Crippen LogP contribution in [0, 0.1) is 20.8 Å². The molecule has 1 fully saturated rings. The van der Waals surface area contributed by atoms with Crippen molar-refractivity contribution < 1.29 is 37.0 Å². The number of morpholine rings is 1. The monoisotopic (exact) mass is 568 g/mol. The van der Waals surface area contributed by atoms with E-state index in [1.165, 1.54) is 16.4 Å². The van der Waals surface area contributed by atoms with E-state index in [-0.39, 0.29) is 35.4 Å². The van der Waals surface area contributed by atoms with E-state index in [1.54, 1.807) is 19.1 Å². The van der Waals surface area contributed by atoms with E-state index in [4.69, 9.17) is 18.9 Å². The van der Waals surface area contributed by atoms with Gasteiger partial charge >= 0.3 is 5.97 Å². The molecule has 2 aliphatic heterocycles. The number of benzene rings is 2. The van der Waals surface area contributed by atoms with Crippen molar-refractivity contribution in [2.45, 2.75) is 38.3 Å². The summed E-state index contributed by atoms with van der Waals surface area (Å²) in [5.74, 6) is 0.275. The van der Waals surface area contributed by atoms with Crippen LogP contribution in [0.1, 0.15) is 37.7 Å². The van der Waals surface area contributed by atoms with Crippen LogP contribution in [0.25, 0.3) is 0 Å². The molecule has 0 spiro atoms. The van der Waals surface area contributed by atoms with E-state index in [9.17, 15) is 18.0 Å². The summed E-state index contributed by atoms with van der Waals surface area (Å²) in [7, 11) is -3.79. The molecule has 212 valence electrons. The number of aryl methyl sites for hydroxylation is 2. The Bertz CT molecular complexity index is 1540. The quantitative estimate of drug-likeness (QED) is 0.301. The Kier molecular flexibility index (Phi) is 7.97. The molecule has 5 rings (SSSR count). The summed E-state index contributed by atoms with van der Waals surface area (Å²) in [6, 6.07) is 13.6. The summed E-state index contributed by atoms with van der Waals surface area (Å²) < 4.78 is 51.9. The zero-order valence-electron chi connectivity index (χ0n) is 22.7. The number of fused-ring (bicyclic) bond motifs is 1. The van der Waals surface area contributed by atoms with Gasteiger partial charge < -0.3 is 23.5 Å². The number of rotatable bonds is 8. The number of Topliss-reactive ketones (excluding diaryl/α,β-unsaturated/α-hetero) is 1. The van der Waals surface area contributed by atoms with Crippen LogP contribution >= 0.6 is 0 Å². The number of carbonyl (C=O) groups is 2. The summed E-state index contributed by atoms with van der Waals surface area (Å²) in [4.78, 5) is 26.0. The highest BCUT2D eigenvalue weighted by Crippen LogP contribution is 2.31. The Morgan fingerprint density at radius 2 is 1.70 bits per heavy atom. The third kappa shape index (κ3) is 5.63. The first-order chi connectivity index (χ1) is 19.1. The fourth-order valence-corrected chi connectivity index (χ4v) is 6.36. The third-order valence-electron chi connectivity index (χ3n) is 7.20. The second kappa shape index (κ2) is 11.4. The molecule has 10 nitrogen and oxygen atoms in total. The molecule has 1 aromatic heterocycles. The standard InChI is InChI=1S/C29H32N2O8S/c1-19-8-9-23(40(34,35)30-10-12-36-13-11-30)15-24(19)29(33)38-18-26(32)25-14-20(2)31(21(25)3)16-22-17-37-27-6-4-5-7-28(27)39-22/h4-9,14-15,22H,10-13,16-18H2,1-3H3/t22-/m0/s1. The van der Waals surface area contributed by atoms with Gasteiger partial charge in [-0.25, -0.2) is 13.2 Å². The van der Waals surface area contributed by atoms with Gasteiger partial charge in [-0.05, 0) is 56.7 Å². The number of carbonyl (C=O) groups excluding carboxylic acids is 2. The van der Waals surface area contributed by atoms with Crippen molar-refractivity contribution in [3.63, 3.8) is 0 Å². The molecule has 0 radical (unpaired) electrons. The molecule has 0 bridgehead atoms. The predicted molar refractivity (Wildman–Crippen MR) is 146 cm³/mol. The molecule has 0 amide bonds. The van der Waals surface area contributed by atoms with E-state index in [1.807, 2.05) is 42.7 Å². The number of ether oxygens (including phenoxy) is 4. The Morgan fingerprint density at radius 1 is 0.975 bits per heavy atom. The maximum atomic E-state index is 13.1. The van der Waals surface area contributed by atoms with Crippen LogP contribution in [0.2, 0.25) is 0 Å². The van der Waals surface area contributed by atoms with Crippen molar-refractivity contribution in [2.24, 2.45) is 0 Å². The van der Waals surface area contributed by atoms with Gasteiger partial charge in [0.1, 0.15) is 6.61 Å². The Labute approximate surface area is 233 Å². The predicted octanol–water partition coefficient (Wildman–Crippen LogP) is 3.31. The highest BCUT2D eigenvalue weighted by Gasteiger charge is 2.28. The topological polar surface area (TPSA) is 113 Å². The molecule has 3 aromatic rings. The molecule has 11 heteroatoms. The van der Waals surface area contributed by atoms with Crippen molar-refractivity contribution >= 4 is 21.8 Å². The van der Waals surface area contributed by atoms with E-state index in [0.29, 0.717) is 49.0 Å². The molecular weight excluding hydrogens is 536 g/mol. The first-order valence-electron chi connectivity index (χ1n) is 13.1. The van der Waals surface area contributed by atoms with Crippen molar-refractivity contribution in [2.75, 3.05) is 39.5 Å². The van der Waals surface area contributed by atoms with Gasteiger partial charge in [-0.15, -0.1) is 0 Å². The van der Waals surface area contributed by atoms with Gasteiger partial charge in [0, 0.05) is 30.0 Å². The van der Waals surface area contributed by atoms with E-state index >= 15 is 0 Å². The summed E-state index contributed by atoms with van der Waals surface area (Å²) in [5, 5.41) is 0. The zero-order chi connectivity index (χ0) is 28.4. The first-order valence-corrected chi connectivity index (χ1v) is 14.5. The molecule has 2 aromatic carbocycles. The van der Waals surface area contributed by atoms with E-state index < -0.39 is 22.6 Å². The minimum Gasteiger partial charge on any atom is -0.486 e. The second-order valence-corrected chi connectivity index (χ2v) is 11.8. The Morgan fingerprint density at radius 3 is 2.45 bits per heavy atom. The van der Waals surface area contributed by atoms with Crippen LogP contribution in [0.3, 0.4) is 0 Å². The molecule has 40 heavy (non-hydrogen) atoms. The van der Waals surface area contributed by atoms with Gasteiger partial charge in [-0.3, -0.25) is 4.79 Å². The number of nitrogens with zero attached hydrogens (tertiary/aromatic N) is 2. The molecule has 1 atom stereocenters. The molecule has 3 heterocycles. The summed E-state index contributed by atoms with van der Waals surface area (Å²) in [6.45, 7) is 6.95. The average molecular weight is 569 g/mol. The summed E-state index contributed by atoms with van der Waals surface area (Å²) in [6.07, 6.45) is -0.232. The zero-order valence-corrected chi connectivity index (χ0v) is 23.5. The molecule has 0 N–H and O–H groups in total. The smallest absolute Gasteiger partial charge is 0.338 e. The van der Waals surface area contributed by atoms with Crippen LogP contribution in [-0.2, 0) is 26.0 Å². The number of sulfonamides is 1. The number of para-hydroxylation sites is 2. The fraction of sp³-hybridized carbons (Fsp3) is 0.379. The van der Waals surface area contributed by atoms with Crippen LogP contribution in [0.5, 0.6) is 11.5 Å². The van der Waals surface area contributed by atoms with Gasteiger partial charge in [-0.2, -0.15) is 4.31 Å². The SMILES string of the molecule is Cc1ccc(S(=O)(=O)N2CCOCC2)cc1C(=O)OCC(=O)c1cc(C)n(C[C@H]2COc3ccccc3O2)c1C. The third-order valence-corrected chi connectivity index (χ3v) is 9.09. The number of hydrogen-bond donors (Lipinski definition) is 0. The number of esters is 1. The normalized spacial score (nSPS) is 17.4. The summed E-state index contributed by atoms with van der Waals surface area (Å²) >= 11 is 0. The molecule has 0 unspecified atom stereocenters. The van der Waals surface area contributed by atoms with Crippen LogP contribution in [-0.4, -0.2) is 74.7 Å². The summed E-state index contributed by atoms with van der Waals surface area (Å²) in [5.41, 5.74) is 2.69. The lowest BCUT2D eigenvalue weighted by atomic mass is 10.1. The van der Waals surface area contributed by atoms with E-state index in [0.717, 1.165) is 11.4 Å².